The van der Waals surface area contributed by atoms with E-state index in [1.54, 1.807) is 0 Å². The van der Waals surface area contributed by atoms with Crippen molar-refractivity contribution in [3.63, 3.8) is 0 Å². The number of carboxylic acids is 2. The highest BCUT2D eigenvalue weighted by molar-refractivity contribution is 5.73. The Hall–Kier alpha value is -4.46. The molecule has 0 spiro atoms. The second-order valence-electron chi connectivity index (χ2n) is 8.55. The predicted octanol–water partition coefficient (Wildman–Crippen LogP) is 0.923. The molecule has 14 heteroatoms. The SMILES string of the molecule is CC(=O)OC[C@@H]1O[C@@H](n2c(OCc3ccccc3)nc3c(=O)[nH]c(N)nc32)[C@H](CC(=O)O)[C@@H]1CC(=O)O. The molecular weight excluding hydrogens is 490 g/mol. The van der Waals surface area contributed by atoms with Crippen LogP contribution >= 0.6 is 0 Å². The fourth-order valence-corrected chi connectivity index (χ4v) is 4.46. The number of aromatic nitrogens is 4. The summed E-state index contributed by atoms with van der Waals surface area (Å²) in [4.78, 5) is 58.3. The van der Waals surface area contributed by atoms with Gasteiger partial charge < -0.3 is 30.2 Å². The largest absolute Gasteiger partial charge is 0.481 e. The van der Waals surface area contributed by atoms with Crippen molar-refractivity contribution < 1.29 is 38.8 Å². The van der Waals surface area contributed by atoms with Crippen LogP contribution in [0.2, 0.25) is 0 Å². The molecule has 4 rings (SSSR count). The molecule has 0 radical (unpaired) electrons. The van der Waals surface area contributed by atoms with Gasteiger partial charge in [-0.25, -0.2) is 0 Å². The molecule has 3 heterocycles. The maximum Gasteiger partial charge on any atom is 0.303 e. The van der Waals surface area contributed by atoms with E-state index in [9.17, 15) is 29.4 Å². The Balaban J connectivity index is 1.82. The third kappa shape index (κ3) is 5.69. The standard InChI is InChI=1S/C23H25N5O9/c1-11(29)35-10-15-13(7-16(30)31)14(8-17(32)33)21(37-15)28-19-18(20(34)27-22(24)26-19)25-23(28)36-9-12-5-3-2-4-6-12/h2-6,13-15,21H,7-10H2,1H3,(H,30,31)(H,32,33)(H3,24,26,27,34)/t13-,14+,15-,21+/m0/s1. The smallest absolute Gasteiger partial charge is 0.303 e. The molecule has 1 aromatic carbocycles. The van der Waals surface area contributed by atoms with Gasteiger partial charge in [0.25, 0.3) is 5.56 Å². The maximum atomic E-state index is 12.6. The van der Waals surface area contributed by atoms with Gasteiger partial charge in [0, 0.05) is 18.8 Å². The molecule has 5 N–H and O–H groups in total. The van der Waals surface area contributed by atoms with Crippen LogP contribution in [0.3, 0.4) is 0 Å². The fraction of sp³-hybridized carbons (Fsp3) is 0.391. The predicted molar refractivity (Wildman–Crippen MR) is 125 cm³/mol. The summed E-state index contributed by atoms with van der Waals surface area (Å²) in [5, 5.41) is 19.2. The van der Waals surface area contributed by atoms with Gasteiger partial charge in [-0.2, -0.15) is 9.97 Å². The molecule has 196 valence electrons. The van der Waals surface area contributed by atoms with E-state index in [0.717, 1.165) is 5.56 Å². The third-order valence-corrected chi connectivity index (χ3v) is 5.98. The highest BCUT2D eigenvalue weighted by Crippen LogP contribution is 2.45. The fourth-order valence-electron chi connectivity index (χ4n) is 4.46. The summed E-state index contributed by atoms with van der Waals surface area (Å²) in [5.41, 5.74) is 5.73. The van der Waals surface area contributed by atoms with Crippen LogP contribution in [0.15, 0.2) is 35.1 Å². The van der Waals surface area contributed by atoms with Gasteiger partial charge >= 0.3 is 23.9 Å². The van der Waals surface area contributed by atoms with Gasteiger partial charge in [0.1, 0.15) is 19.4 Å². The monoisotopic (exact) mass is 515 g/mol. The van der Waals surface area contributed by atoms with Crippen LogP contribution in [0.25, 0.3) is 11.2 Å². The normalized spacial score (nSPS) is 21.1. The second-order valence-corrected chi connectivity index (χ2v) is 8.55. The zero-order chi connectivity index (χ0) is 26.7. The summed E-state index contributed by atoms with van der Waals surface area (Å²) < 4.78 is 18.4. The number of fused-ring (bicyclic) bond motifs is 1. The van der Waals surface area contributed by atoms with E-state index in [2.05, 4.69) is 15.0 Å². The Labute approximate surface area is 209 Å². The minimum atomic E-state index is -1.20. The summed E-state index contributed by atoms with van der Waals surface area (Å²) in [6.45, 7) is 0.928. The molecular formula is C23H25N5O9. The van der Waals surface area contributed by atoms with Crippen molar-refractivity contribution in [1.29, 1.82) is 0 Å². The number of hydrogen-bond acceptors (Lipinski definition) is 10. The van der Waals surface area contributed by atoms with Gasteiger partial charge in [0.15, 0.2) is 11.2 Å². The average molecular weight is 515 g/mol. The van der Waals surface area contributed by atoms with Gasteiger partial charge in [-0.3, -0.25) is 28.7 Å². The second kappa shape index (κ2) is 10.7. The number of hydrogen-bond donors (Lipinski definition) is 4. The van der Waals surface area contributed by atoms with Crippen LogP contribution in [0.4, 0.5) is 5.95 Å². The number of carboxylic acid groups (broad SMARTS) is 2. The number of ether oxygens (including phenoxy) is 3. The van der Waals surface area contributed by atoms with Crippen molar-refractivity contribution >= 4 is 35.0 Å². The summed E-state index contributed by atoms with van der Waals surface area (Å²) >= 11 is 0. The van der Waals surface area contributed by atoms with Crippen molar-refractivity contribution in [3.8, 4) is 6.01 Å². The molecule has 0 saturated carbocycles. The Bertz CT molecular complexity index is 1370. The molecule has 37 heavy (non-hydrogen) atoms. The van der Waals surface area contributed by atoms with E-state index in [-0.39, 0.29) is 36.3 Å². The number of nitrogens with zero attached hydrogens (tertiary/aromatic N) is 3. The molecule has 1 saturated heterocycles. The number of aliphatic carboxylic acids is 2. The minimum Gasteiger partial charge on any atom is -0.481 e. The first-order valence-corrected chi connectivity index (χ1v) is 11.3. The lowest BCUT2D eigenvalue weighted by Gasteiger charge is -2.23. The molecule has 0 bridgehead atoms. The summed E-state index contributed by atoms with van der Waals surface area (Å²) in [6.07, 6.45) is -3.09. The van der Waals surface area contributed by atoms with Crippen molar-refractivity contribution in [2.45, 2.75) is 38.7 Å². The number of aromatic amines is 1. The zero-order valence-corrected chi connectivity index (χ0v) is 19.7. The van der Waals surface area contributed by atoms with Crippen LogP contribution in [-0.4, -0.2) is 60.4 Å². The molecule has 0 aliphatic carbocycles. The molecule has 1 fully saturated rings. The Kier molecular flexibility index (Phi) is 7.38. The van der Waals surface area contributed by atoms with E-state index in [0.29, 0.717) is 0 Å². The van der Waals surface area contributed by atoms with Crippen molar-refractivity contribution in [2.24, 2.45) is 11.8 Å². The molecule has 1 aliphatic heterocycles. The summed E-state index contributed by atoms with van der Waals surface area (Å²) in [5.74, 6) is -5.03. The number of carbonyl (C=O) groups excluding carboxylic acids is 1. The van der Waals surface area contributed by atoms with Gasteiger partial charge in [-0.1, -0.05) is 30.3 Å². The van der Waals surface area contributed by atoms with E-state index >= 15 is 0 Å². The number of benzene rings is 1. The number of rotatable bonds is 10. The third-order valence-electron chi connectivity index (χ3n) is 5.98. The van der Waals surface area contributed by atoms with Gasteiger partial charge in [-0.05, 0) is 5.56 Å². The van der Waals surface area contributed by atoms with Crippen LogP contribution < -0.4 is 16.0 Å². The summed E-state index contributed by atoms with van der Waals surface area (Å²) in [6, 6.07) is 8.98. The Morgan fingerprint density at radius 1 is 1.11 bits per heavy atom. The van der Waals surface area contributed by atoms with Gasteiger partial charge in [0.05, 0.1) is 18.9 Å². The van der Waals surface area contributed by atoms with Crippen molar-refractivity contribution in [1.82, 2.24) is 19.5 Å². The van der Waals surface area contributed by atoms with Crippen molar-refractivity contribution in [3.05, 3.63) is 46.2 Å². The number of carbonyl (C=O) groups is 3. The van der Waals surface area contributed by atoms with Crippen LogP contribution in [-0.2, 0) is 30.5 Å². The molecule has 0 unspecified atom stereocenters. The highest BCUT2D eigenvalue weighted by atomic mass is 16.6. The van der Waals surface area contributed by atoms with E-state index in [1.165, 1.54) is 11.5 Å². The lowest BCUT2D eigenvalue weighted by molar-refractivity contribution is -0.147. The minimum absolute atomic E-state index is 0.0353. The topological polar surface area (TPSA) is 209 Å². The lowest BCUT2D eigenvalue weighted by atomic mass is 9.84. The maximum absolute atomic E-state index is 12.6. The van der Waals surface area contributed by atoms with Crippen molar-refractivity contribution in [2.75, 3.05) is 12.3 Å². The number of anilines is 1. The molecule has 4 atom stereocenters. The van der Waals surface area contributed by atoms with Gasteiger partial charge in [0.2, 0.25) is 5.95 Å². The van der Waals surface area contributed by atoms with Crippen LogP contribution in [0, 0.1) is 11.8 Å². The number of H-pyrrole nitrogens is 1. The Morgan fingerprint density at radius 2 is 1.78 bits per heavy atom. The lowest BCUT2D eigenvalue weighted by Crippen LogP contribution is -2.29. The molecule has 14 nitrogen and oxygen atoms in total. The number of nitrogen functional groups attached to an aromatic ring is 1. The summed E-state index contributed by atoms with van der Waals surface area (Å²) in [7, 11) is 0. The van der Waals surface area contributed by atoms with Gasteiger partial charge in [-0.15, -0.1) is 0 Å². The zero-order valence-electron chi connectivity index (χ0n) is 19.7. The number of imidazole rings is 1. The van der Waals surface area contributed by atoms with E-state index in [1.807, 2.05) is 30.3 Å². The number of nitrogens with two attached hydrogens (primary N) is 1. The first-order chi connectivity index (χ1) is 17.6. The number of nitrogens with one attached hydrogen (secondary N) is 1. The highest BCUT2D eigenvalue weighted by Gasteiger charge is 2.49. The number of esters is 1. The van der Waals surface area contributed by atoms with E-state index in [4.69, 9.17) is 19.9 Å². The first kappa shape index (κ1) is 25.6. The van der Waals surface area contributed by atoms with Crippen LogP contribution in [0.1, 0.15) is 31.6 Å². The van der Waals surface area contributed by atoms with E-state index < -0.39 is 60.5 Å². The molecule has 1 aliphatic rings. The molecule has 3 aromatic rings. The molecule has 0 amide bonds. The Morgan fingerprint density at radius 3 is 2.43 bits per heavy atom. The quantitative estimate of drug-likeness (QED) is 0.278. The average Bonchev–Trinajstić information content (AvgIpc) is 3.34. The molecule has 2 aromatic heterocycles. The first-order valence-electron chi connectivity index (χ1n) is 11.3. The van der Waals surface area contributed by atoms with Crippen LogP contribution in [0.5, 0.6) is 6.01 Å².